The van der Waals surface area contributed by atoms with Crippen molar-refractivity contribution in [2.45, 2.75) is 12.8 Å². The summed E-state index contributed by atoms with van der Waals surface area (Å²) in [6, 6.07) is 5.28. The van der Waals surface area contributed by atoms with Gasteiger partial charge in [0, 0.05) is 55.8 Å². The molecule has 1 N–H and O–H groups in total. The minimum Gasteiger partial charge on any atom is -0.493 e. The number of nitrogens with one attached hydrogen (secondary N) is 1. The predicted octanol–water partition coefficient (Wildman–Crippen LogP) is 2.95. The van der Waals surface area contributed by atoms with E-state index in [-0.39, 0.29) is 11.8 Å². The minimum atomic E-state index is -0.0928. The lowest BCUT2D eigenvalue weighted by Gasteiger charge is -2.21. The summed E-state index contributed by atoms with van der Waals surface area (Å²) in [4.78, 5) is 29.2. The molecule has 3 rings (SSSR count). The van der Waals surface area contributed by atoms with Crippen molar-refractivity contribution in [1.29, 1.82) is 0 Å². The average Bonchev–Trinajstić information content (AvgIpc) is 3.22. The standard InChI is InChI=1S/C22H29N3O5S/c1-28-18-13-17(14-19(29-2)21(18)30-3)23-20(26)5-9-24-7-4-8-25(11-10-24)22(27)16-6-12-31-15-16/h6,12-15H,4-5,7-11H2,1-3H3,(H,23,26). The molecule has 1 saturated heterocycles. The third-order valence-corrected chi connectivity index (χ3v) is 5.93. The van der Waals surface area contributed by atoms with E-state index in [9.17, 15) is 9.59 Å². The number of thiophene rings is 1. The summed E-state index contributed by atoms with van der Waals surface area (Å²) in [6.45, 7) is 3.67. The van der Waals surface area contributed by atoms with E-state index in [0.717, 1.165) is 31.6 Å². The van der Waals surface area contributed by atoms with Gasteiger partial charge in [-0.25, -0.2) is 0 Å². The summed E-state index contributed by atoms with van der Waals surface area (Å²) >= 11 is 1.53. The summed E-state index contributed by atoms with van der Waals surface area (Å²) in [7, 11) is 4.61. The molecule has 2 aromatic rings. The topological polar surface area (TPSA) is 80.3 Å². The van der Waals surface area contributed by atoms with Gasteiger partial charge in [0.15, 0.2) is 11.5 Å². The second-order valence-corrected chi connectivity index (χ2v) is 7.99. The number of carbonyl (C=O) groups excluding carboxylic acids is 2. The number of ether oxygens (including phenoxy) is 3. The lowest BCUT2D eigenvalue weighted by molar-refractivity contribution is -0.116. The second-order valence-electron chi connectivity index (χ2n) is 7.21. The number of carbonyl (C=O) groups is 2. The maximum atomic E-state index is 12.6. The highest BCUT2D eigenvalue weighted by Crippen LogP contribution is 2.39. The van der Waals surface area contributed by atoms with Crippen LogP contribution in [0.5, 0.6) is 17.2 Å². The highest BCUT2D eigenvalue weighted by Gasteiger charge is 2.21. The number of amides is 2. The zero-order valence-corrected chi connectivity index (χ0v) is 19.0. The van der Waals surface area contributed by atoms with Crippen LogP contribution in [0.15, 0.2) is 29.0 Å². The maximum Gasteiger partial charge on any atom is 0.254 e. The normalized spacial score (nSPS) is 14.6. The zero-order chi connectivity index (χ0) is 22.2. The van der Waals surface area contributed by atoms with Crippen molar-refractivity contribution in [2.75, 3.05) is 59.4 Å². The highest BCUT2D eigenvalue weighted by atomic mass is 32.1. The lowest BCUT2D eigenvalue weighted by Crippen LogP contribution is -2.35. The molecule has 0 atom stereocenters. The van der Waals surface area contributed by atoms with Gasteiger partial charge in [-0.3, -0.25) is 9.59 Å². The summed E-state index contributed by atoms with van der Waals surface area (Å²) in [5.74, 6) is 1.45. The Morgan fingerprint density at radius 1 is 1.03 bits per heavy atom. The Morgan fingerprint density at radius 3 is 2.39 bits per heavy atom. The Morgan fingerprint density at radius 2 is 1.77 bits per heavy atom. The molecule has 168 valence electrons. The van der Waals surface area contributed by atoms with Gasteiger partial charge in [-0.2, -0.15) is 11.3 Å². The molecule has 0 bridgehead atoms. The molecule has 0 spiro atoms. The van der Waals surface area contributed by atoms with E-state index in [1.54, 1.807) is 12.1 Å². The number of anilines is 1. The average molecular weight is 448 g/mol. The number of benzene rings is 1. The third kappa shape index (κ3) is 5.89. The van der Waals surface area contributed by atoms with E-state index in [2.05, 4.69) is 10.2 Å². The fraction of sp³-hybridized carbons (Fsp3) is 0.455. The molecule has 31 heavy (non-hydrogen) atoms. The van der Waals surface area contributed by atoms with Crippen LogP contribution in [0.4, 0.5) is 5.69 Å². The van der Waals surface area contributed by atoms with Gasteiger partial charge in [-0.05, 0) is 24.4 Å². The fourth-order valence-electron chi connectivity index (χ4n) is 3.60. The van der Waals surface area contributed by atoms with Crippen molar-refractivity contribution in [1.82, 2.24) is 9.80 Å². The van der Waals surface area contributed by atoms with Gasteiger partial charge in [-0.1, -0.05) is 0 Å². The quantitative estimate of drug-likeness (QED) is 0.670. The van der Waals surface area contributed by atoms with Crippen LogP contribution >= 0.6 is 11.3 Å². The molecule has 0 radical (unpaired) electrons. The number of hydrogen-bond donors (Lipinski definition) is 1. The molecule has 9 heteroatoms. The summed E-state index contributed by atoms with van der Waals surface area (Å²) in [5, 5.41) is 6.71. The van der Waals surface area contributed by atoms with Crippen LogP contribution in [-0.4, -0.2) is 75.7 Å². The monoisotopic (exact) mass is 447 g/mol. The minimum absolute atomic E-state index is 0.0863. The van der Waals surface area contributed by atoms with Gasteiger partial charge in [-0.15, -0.1) is 0 Å². The zero-order valence-electron chi connectivity index (χ0n) is 18.2. The van der Waals surface area contributed by atoms with E-state index < -0.39 is 0 Å². The van der Waals surface area contributed by atoms with Crippen LogP contribution in [0.3, 0.4) is 0 Å². The van der Waals surface area contributed by atoms with Crippen molar-refractivity contribution in [2.24, 2.45) is 0 Å². The number of nitrogens with zero attached hydrogens (tertiary/aromatic N) is 2. The number of methoxy groups -OCH3 is 3. The van der Waals surface area contributed by atoms with E-state index in [1.165, 1.54) is 32.7 Å². The van der Waals surface area contributed by atoms with Gasteiger partial charge in [0.2, 0.25) is 11.7 Å². The Hall–Kier alpha value is -2.78. The molecule has 8 nitrogen and oxygen atoms in total. The first-order valence-electron chi connectivity index (χ1n) is 10.2. The van der Waals surface area contributed by atoms with E-state index >= 15 is 0 Å². The SMILES string of the molecule is COc1cc(NC(=O)CCN2CCCN(C(=O)c3ccsc3)CC2)cc(OC)c1OC. The maximum absolute atomic E-state index is 12.6. The molecular weight excluding hydrogens is 418 g/mol. The first-order valence-corrected chi connectivity index (χ1v) is 11.1. The van der Waals surface area contributed by atoms with E-state index in [4.69, 9.17) is 14.2 Å². The summed E-state index contributed by atoms with van der Waals surface area (Å²) in [6.07, 6.45) is 1.25. The fourth-order valence-corrected chi connectivity index (χ4v) is 4.23. The molecule has 1 aliphatic rings. The van der Waals surface area contributed by atoms with Crippen molar-refractivity contribution < 1.29 is 23.8 Å². The Kier molecular flexibility index (Phi) is 8.13. The summed E-state index contributed by atoms with van der Waals surface area (Å²) in [5.41, 5.74) is 1.34. The Bertz CT molecular complexity index is 862. The van der Waals surface area contributed by atoms with Gasteiger partial charge in [0.05, 0.1) is 26.9 Å². The molecule has 0 unspecified atom stereocenters. The van der Waals surface area contributed by atoms with Gasteiger partial charge in [0.25, 0.3) is 5.91 Å². The van der Waals surface area contributed by atoms with Gasteiger partial charge in [0.1, 0.15) is 0 Å². The molecular formula is C22H29N3O5S. The molecule has 2 amide bonds. The van der Waals surface area contributed by atoms with E-state index in [0.29, 0.717) is 42.4 Å². The lowest BCUT2D eigenvalue weighted by atomic mass is 10.2. The third-order valence-electron chi connectivity index (χ3n) is 5.25. The van der Waals surface area contributed by atoms with Crippen LogP contribution < -0.4 is 19.5 Å². The van der Waals surface area contributed by atoms with Crippen molar-refractivity contribution in [3.63, 3.8) is 0 Å². The molecule has 0 aliphatic carbocycles. The van der Waals surface area contributed by atoms with Crippen molar-refractivity contribution in [3.8, 4) is 17.2 Å². The van der Waals surface area contributed by atoms with Crippen LogP contribution in [0, 0.1) is 0 Å². The molecule has 1 aliphatic heterocycles. The van der Waals surface area contributed by atoms with Gasteiger partial charge >= 0.3 is 0 Å². The number of hydrogen-bond acceptors (Lipinski definition) is 7. The molecule has 1 aromatic heterocycles. The van der Waals surface area contributed by atoms with E-state index in [1.807, 2.05) is 21.7 Å². The first kappa shape index (κ1) is 22.9. The van der Waals surface area contributed by atoms with Crippen LogP contribution in [-0.2, 0) is 4.79 Å². The van der Waals surface area contributed by atoms with Crippen molar-refractivity contribution in [3.05, 3.63) is 34.5 Å². The molecule has 2 heterocycles. The highest BCUT2D eigenvalue weighted by molar-refractivity contribution is 7.08. The second kappa shape index (κ2) is 11.0. The van der Waals surface area contributed by atoms with Gasteiger partial charge < -0.3 is 29.3 Å². The number of rotatable bonds is 8. The first-order chi connectivity index (χ1) is 15.0. The molecule has 0 saturated carbocycles. The van der Waals surface area contributed by atoms with Crippen LogP contribution in [0.25, 0.3) is 0 Å². The summed E-state index contributed by atoms with van der Waals surface area (Å²) < 4.78 is 16.0. The predicted molar refractivity (Wildman–Crippen MR) is 121 cm³/mol. The Balaban J connectivity index is 1.51. The van der Waals surface area contributed by atoms with Crippen LogP contribution in [0.1, 0.15) is 23.2 Å². The molecule has 1 aromatic carbocycles. The largest absolute Gasteiger partial charge is 0.493 e. The van der Waals surface area contributed by atoms with Crippen LogP contribution in [0.2, 0.25) is 0 Å². The molecule has 1 fully saturated rings. The smallest absolute Gasteiger partial charge is 0.254 e. The Labute approximate surface area is 186 Å². The van der Waals surface area contributed by atoms with Crippen molar-refractivity contribution >= 4 is 28.8 Å².